The Morgan fingerprint density at radius 3 is 3.10 bits per heavy atom. The first-order valence-corrected chi connectivity index (χ1v) is 7.27. The molecule has 1 aliphatic heterocycles. The minimum atomic E-state index is 0.133. The van der Waals surface area contributed by atoms with Crippen molar-refractivity contribution in [1.29, 1.82) is 0 Å². The Hall–Kier alpha value is -1.60. The first kappa shape index (κ1) is 13.4. The number of carbonyl (C=O) groups excluding carboxylic acids is 1. The van der Waals surface area contributed by atoms with Crippen molar-refractivity contribution in [2.24, 2.45) is 0 Å². The SMILES string of the molecule is O=C1CC[C@@H](CNCc2ncc3cc(Br)cnc3n2)N1. The van der Waals surface area contributed by atoms with Crippen LogP contribution in [0, 0.1) is 0 Å². The molecule has 0 radical (unpaired) electrons. The maximum Gasteiger partial charge on any atom is 0.220 e. The van der Waals surface area contributed by atoms with Gasteiger partial charge in [0.1, 0.15) is 5.82 Å². The minimum Gasteiger partial charge on any atom is -0.352 e. The Labute approximate surface area is 124 Å². The lowest BCUT2D eigenvalue weighted by Gasteiger charge is -2.10. The van der Waals surface area contributed by atoms with E-state index in [0.29, 0.717) is 24.4 Å². The molecule has 1 saturated heterocycles. The van der Waals surface area contributed by atoms with Crippen LogP contribution >= 0.6 is 15.9 Å². The fourth-order valence-corrected chi connectivity index (χ4v) is 2.55. The summed E-state index contributed by atoms with van der Waals surface area (Å²) in [4.78, 5) is 24.0. The molecule has 2 aromatic heterocycles. The first-order valence-electron chi connectivity index (χ1n) is 6.48. The zero-order chi connectivity index (χ0) is 13.9. The van der Waals surface area contributed by atoms with E-state index in [1.54, 1.807) is 12.4 Å². The smallest absolute Gasteiger partial charge is 0.220 e. The molecule has 3 rings (SSSR count). The third kappa shape index (κ3) is 3.10. The van der Waals surface area contributed by atoms with E-state index in [-0.39, 0.29) is 11.9 Å². The molecule has 1 atom stereocenters. The predicted molar refractivity (Wildman–Crippen MR) is 77.9 cm³/mol. The molecule has 1 amide bonds. The average Bonchev–Trinajstić information content (AvgIpc) is 2.85. The van der Waals surface area contributed by atoms with E-state index in [2.05, 4.69) is 41.5 Å². The number of nitrogens with one attached hydrogen (secondary N) is 2. The van der Waals surface area contributed by atoms with Crippen LogP contribution < -0.4 is 10.6 Å². The summed E-state index contributed by atoms with van der Waals surface area (Å²) in [7, 11) is 0. The lowest BCUT2D eigenvalue weighted by Crippen LogP contribution is -2.35. The number of nitrogens with zero attached hydrogens (tertiary/aromatic N) is 3. The number of pyridine rings is 1. The average molecular weight is 336 g/mol. The van der Waals surface area contributed by atoms with Crippen LogP contribution in [-0.2, 0) is 11.3 Å². The molecule has 7 heteroatoms. The van der Waals surface area contributed by atoms with Gasteiger partial charge in [-0.05, 0) is 28.4 Å². The Morgan fingerprint density at radius 2 is 2.30 bits per heavy atom. The summed E-state index contributed by atoms with van der Waals surface area (Å²) < 4.78 is 0.913. The van der Waals surface area contributed by atoms with Crippen molar-refractivity contribution in [2.75, 3.05) is 6.54 Å². The van der Waals surface area contributed by atoms with Crippen LogP contribution in [0.5, 0.6) is 0 Å². The van der Waals surface area contributed by atoms with Crippen molar-refractivity contribution < 1.29 is 4.79 Å². The lowest BCUT2D eigenvalue weighted by atomic mass is 10.2. The molecule has 0 aromatic carbocycles. The summed E-state index contributed by atoms with van der Waals surface area (Å²) in [6.45, 7) is 1.31. The highest BCUT2D eigenvalue weighted by molar-refractivity contribution is 9.10. The number of hydrogen-bond donors (Lipinski definition) is 2. The molecule has 0 aliphatic carbocycles. The number of carbonyl (C=O) groups is 1. The minimum absolute atomic E-state index is 0.133. The largest absolute Gasteiger partial charge is 0.352 e. The second-order valence-corrected chi connectivity index (χ2v) is 5.70. The van der Waals surface area contributed by atoms with Crippen molar-refractivity contribution in [3.63, 3.8) is 0 Å². The van der Waals surface area contributed by atoms with Crippen LogP contribution in [0.15, 0.2) is 22.9 Å². The Morgan fingerprint density at radius 1 is 1.40 bits per heavy atom. The van der Waals surface area contributed by atoms with Gasteiger partial charge in [-0.2, -0.15) is 0 Å². The predicted octanol–water partition coefficient (Wildman–Crippen LogP) is 1.16. The van der Waals surface area contributed by atoms with E-state index in [1.165, 1.54) is 0 Å². The highest BCUT2D eigenvalue weighted by Crippen LogP contribution is 2.14. The van der Waals surface area contributed by atoms with Gasteiger partial charge in [0.05, 0.1) is 6.54 Å². The van der Waals surface area contributed by atoms with E-state index >= 15 is 0 Å². The van der Waals surface area contributed by atoms with Gasteiger partial charge in [0.2, 0.25) is 5.91 Å². The lowest BCUT2D eigenvalue weighted by molar-refractivity contribution is -0.119. The number of rotatable bonds is 4. The molecule has 1 fully saturated rings. The standard InChI is InChI=1S/C13H14BrN5O/c14-9-3-8-4-16-11(19-13(8)17-5-9)7-15-6-10-1-2-12(20)18-10/h3-5,10,15H,1-2,6-7H2,(H,18,20)/t10-/m0/s1. The number of aromatic nitrogens is 3. The molecule has 0 bridgehead atoms. The highest BCUT2D eigenvalue weighted by Gasteiger charge is 2.19. The molecular formula is C13H14BrN5O. The van der Waals surface area contributed by atoms with E-state index in [1.807, 2.05) is 6.07 Å². The molecule has 1 aliphatic rings. The topological polar surface area (TPSA) is 79.8 Å². The van der Waals surface area contributed by atoms with Crippen LogP contribution in [0.3, 0.4) is 0 Å². The van der Waals surface area contributed by atoms with Gasteiger partial charge in [0, 0.05) is 41.3 Å². The van der Waals surface area contributed by atoms with Crippen molar-refractivity contribution in [3.05, 3.63) is 28.8 Å². The molecule has 20 heavy (non-hydrogen) atoms. The zero-order valence-corrected chi connectivity index (χ0v) is 12.4. The Balaban J connectivity index is 1.60. The van der Waals surface area contributed by atoms with Gasteiger partial charge in [-0.25, -0.2) is 15.0 Å². The third-order valence-electron chi connectivity index (χ3n) is 3.21. The molecule has 104 valence electrons. The monoisotopic (exact) mass is 335 g/mol. The Kier molecular flexibility index (Phi) is 3.88. The molecule has 2 N–H and O–H groups in total. The summed E-state index contributed by atoms with van der Waals surface area (Å²) in [5, 5.41) is 7.09. The van der Waals surface area contributed by atoms with Gasteiger partial charge in [0.25, 0.3) is 0 Å². The van der Waals surface area contributed by atoms with E-state index in [4.69, 9.17) is 0 Å². The highest BCUT2D eigenvalue weighted by atomic mass is 79.9. The Bertz CT molecular complexity index is 648. The van der Waals surface area contributed by atoms with Gasteiger partial charge in [-0.15, -0.1) is 0 Å². The fourth-order valence-electron chi connectivity index (χ4n) is 2.21. The zero-order valence-electron chi connectivity index (χ0n) is 10.8. The molecule has 3 heterocycles. The van der Waals surface area contributed by atoms with Gasteiger partial charge < -0.3 is 10.6 Å². The number of fused-ring (bicyclic) bond motifs is 1. The second-order valence-electron chi connectivity index (χ2n) is 4.79. The van der Waals surface area contributed by atoms with E-state index < -0.39 is 0 Å². The van der Waals surface area contributed by atoms with Crippen LogP contribution in [0.1, 0.15) is 18.7 Å². The van der Waals surface area contributed by atoms with E-state index in [9.17, 15) is 4.79 Å². The molecule has 2 aromatic rings. The van der Waals surface area contributed by atoms with Gasteiger partial charge in [-0.1, -0.05) is 0 Å². The molecular weight excluding hydrogens is 322 g/mol. The maximum atomic E-state index is 11.1. The maximum absolute atomic E-state index is 11.1. The van der Waals surface area contributed by atoms with Gasteiger partial charge >= 0.3 is 0 Å². The van der Waals surface area contributed by atoms with Gasteiger partial charge in [0.15, 0.2) is 5.65 Å². The molecule has 0 unspecified atom stereocenters. The molecule has 0 saturated carbocycles. The van der Waals surface area contributed by atoms with Crippen molar-refractivity contribution in [3.8, 4) is 0 Å². The normalized spacial score (nSPS) is 18.4. The van der Waals surface area contributed by atoms with Gasteiger partial charge in [-0.3, -0.25) is 4.79 Å². The van der Waals surface area contributed by atoms with Crippen LogP contribution in [0.25, 0.3) is 11.0 Å². The third-order valence-corrected chi connectivity index (χ3v) is 3.64. The summed E-state index contributed by atoms with van der Waals surface area (Å²) in [5.74, 6) is 0.838. The van der Waals surface area contributed by atoms with E-state index in [0.717, 1.165) is 22.8 Å². The summed E-state index contributed by atoms with van der Waals surface area (Å²) in [5.41, 5.74) is 0.689. The van der Waals surface area contributed by atoms with Crippen molar-refractivity contribution in [1.82, 2.24) is 25.6 Å². The fraction of sp³-hybridized carbons (Fsp3) is 0.385. The number of amides is 1. The summed E-state index contributed by atoms with van der Waals surface area (Å²) >= 11 is 3.37. The quantitative estimate of drug-likeness (QED) is 0.876. The number of halogens is 1. The number of hydrogen-bond acceptors (Lipinski definition) is 5. The molecule has 0 spiro atoms. The van der Waals surface area contributed by atoms with Crippen LogP contribution in [0.2, 0.25) is 0 Å². The summed E-state index contributed by atoms with van der Waals surface area (Å²) in [6.07, 6.45) is 5.01. The summed E-state index contributed by atoms with van der Waals surface area (Å²) in [6, 6.07) is 2.16. The van der Waals surface area contributed by atoms with Crippen LogP contribution in [0.4, 0.5) is 0 Å². The van der Waals surface area contributed by atoms with Crippen LogP contribution in [-0.4, -0.2) is 33.4 Å². The molecule has 6 nitrogen and oxygen atoms in total. The second kappa shape index (κ2) is 5.80. The first-order chi connectivity index (χ1) is 9.70. The van der Waals surface area contributed by atoms with Crippen molar-refractivity contribution in [2.45, 2.75) is 25.4 Å². The van der Waals surface area contributed by atoms with Crippen molar-refractivity contribution >= 4 is 32.9 Å².